The van der Waals surface area contributed by atoms with Gasteiger partial charge in [-0.25, -0.2) is 4.67 Å². The van der Waals surface area contributed by atoms with Crippen LogP contribution >= 0.6 is 8.53 Å². The zero-order valence-corrected chi connectivity index (χ0v) is 27.1. The minimum absolute atomic E-state index is 0.00367. The number of hydrogen-bond donors (Lipinski definition) is 1. The number of nitriles is 1. The van der Waals surface area contributed by atoms with Crippen molar-refractivity contribution >= 4 is 20.4 Å². The van der Waals surface area contributed by atoms with Gasteiger partial charge in [0.2, 0.25) is 5.91 Å². The van der Waals surface area contributed by atoms with Crippen molar-refractivity contribution in [3.05, 3.63) is 0 Å². The van der Waals surface area contributed by atoms with E-state index in [1.807, 2.05) is 6.92 Å². The van der Waals surface area contributed by atoms with Gasteiger partial charge >= 0.3 is 5.97 Å². The molecule has 1 N–H and O–H groups in total. The molecule has 0 aromatic carbocycles. The summed E-state index contributed by atoms with van der Waals surface area (Å²) in [5, 5.41) is 11.8. The van der Waals surface area contributed by atoms with Gasteiger partial charge in [-0.3, -0.25) is 9.59 Å². The Balaban J connectivity index is 2.35. The second kappa shape index (κ2) is 19.7. The number of nitrogens with zero attached hydrogens (tertiary/aromatic N) is 2. The van der Waals surface area contributed by atoms with E-state index in [1.165, 1.54) is 6.92 Å². The van der Waals surface area contributed by atoms with Crippen LogP contribution in [0.4, 0.5) is 0 Å². The molecule has 0 aromatic heterocycles. The summed E-state index contributed by atoms with van der Waals surface area (Å²) in [4.78, 5) is 23.6. The van der Waals surface area contributed by atoms with Crippen LogP contribution in [0.3, 0.4) is 0 Å². The molecule has 10 nitrogen and oxygen atoms in total. The Bertz CT molecular complexity index is 771. The van der Waals surface area contributed by atoms with Crippen LogP contribution in [-0.2, 0) is 32.8 Å². The molecule has 0 spiro atoms. The van der Waals surface area contributed by atoms with Gasteiger partial charge in [0.25, 0.3) is 8.53 Å². The Morgan fingerprint density at radius 1 is 1.00 bits per heavy atom. The van der Waals surface area contributed by atoms with Gasteiger partial charge in [0.05, 0.1) is 31.3 Å². The molecule has 1 saturated heterocycles. The highest BCUT2D eigenvalue weighted by Crippen LogP contribution is 2.47. The average Bonchev–Trinajstić information content (AvgIpc) is 2.88. The van der Waals surface area contributed by atoms with Gasteiger partial charge in [-0.2, -0.15) is 5.26 Å². The first kappa shape index (κ1) is 36.7. The van der Waals surface area contributed by atoms with Crippen LogP contribution in [0.5, 0.6) is 0 Å². The summed E-state index contributed by atoms with van der Waals surface area (Å²) in [5.74, 6) is 0.586. The number of amides is 1. The van der Waals surface area contributed by atoms with Gasteiger partial charge in [0, 0.05) is 44.5 Å². The summed E-state index contributed by atoms with van der Waals surface area (Å²) in [5.41, 5.74) is 0. The minimum Gasteiger partial charge on any atom is -0.463 e. The Kier molecular flexibility index (Phi) is 18.1. The molecule has 0 saturated carbocycles. The molecule has 40 heavy (non-hydrogen) atoms. The lowest BCUT2D eigenvalue weighted by Gasteiger charge is -2.43. The van der Waals surface area contributed by atoms with E-state index in [9.17, 15) is 9.59 Å². The number of rotatable bonds is 19. The summed E-state index contributed by atoms with van der Waals surface area (Å²) in [6.45, 7) is 19.7. The highest BCUT2D eigenvalue weighted by atomic mass is 31.2. The summed E-state index contributed by atoms with van der Waals surface area (Å²) in [7, 11) is -1.34. The van der Waals surface area contributed by atoms with Gasteiger partial charge in [-0.05, 0) is 59.3 Å². The molecule has 0 bridgehead atoms. The molecule has 0 aliphatic carbocycles. The SMILES string of the molecule is CC(=O)OCC1O[C@@H](OCCCCCC(=O)NCC(C)OP(OCCC#N)N(C(C)C)C(C)C)[C@@H](C)[C@H](C)C1C. The highest BCUT2D eigenvalue weighted by molar-refractivity contribution is 7.44. The van der Waals surface area contributed by atoms with E-state index in [-0.39, 0.29) is 60.9 Å². The molecule has 1 fully saturated rings. The van der Waals surface area contributed by atoms with Crippen molar-refractivity contribution in [2.45, 2.75) is 125 Å². The molecule has 4 unspecified atom stereocenters. The van der Waals surface area contributed by atoms with Crippen molar-refractivity contribution < 1.29 is 32.8 Å². The number of nitrogens with one attached hydrogen (secondary N) is 1. The maximum atomic E-state index is 12.4. The van der Waals surface area contributed by atoms with Crippen molar-refractivity contribution in [1.82, 2.24) is 9.99 Å². The van der Waals surface area contributed by atoms with Crippen LogP contribution in [0.2, 0.25) is 0 Å². The first-order valence-corrected chi connectivity index (χ1v) is 15.9. The molecule has 1 rings (SSSR count). The number of carbonyl (C=O) groups excluding carboxylic acids is 2. The third-order valence-corrected chi connectivity index (χ3v) is 9.53. The minimum atomic E-state index is -1.34. The van der Waals surface area contributed by atoms with Crippen molar-refractivity contribution in [2.75, 3.05) is 26.4 Å². The van der Waals surface area contributed by atoms with Crippen LogP contribution in [0, 0.1) is 29.1 Å². The van der Waals surface area contributed by atoms with Crippen LogP contribution in [0.1, 0.15) is 94.4 Å². The number of carbonyl (C=O) groups is 2. The van der Waals surface area contributed by atoms with Crippen LogP contribution in [0.15, 0.2) is 0 Å². The van der Waals surface area contributed by atoms with E-state index in [1.54, 1.807) is 0 Å². The molecular formula is C29H54N3O7P. The molecule has 1 aliphatic heterocycles. The largest absolute Gasteiger partial charge is 0.463 e. The molecule has 7 atom stereocenters. The van der Waals surface area contributed by atoms with E-state index in [2.05, 4.69) is 64.5 Å². The van der Waals surface area contributed by atoms with Crippen LogP contribution < -0.4 is 5.32 Å². The van der Waals surface area contributed by atoms with Gasteiger partial charge in [0.1, 0.15) is 6.61 Å². The highest BCUT2D eigenvalue weighted by Gasteiger charge is 2.40. The van der Waals surface area contributed by atoms with Gasteiger partial charge < -0.3 is 28.6 Å². The second-order valence-electron chi connectivity index (χ2n) is 11.4. The van der Waals surface area contributed by atoms with Gasteiger partial charge in [0.15, 0.2) is 6.29 Å². The fraction of sp³-hybridized carbons (Fsp3) is 0.897. The second-order valence-corrected chi connectivity index (χ2v) is 12.8. The zero-order valence-electron chi connectivity index (χ0n) is 26.2. The normalized spacial score (nSPS) is 24.6. The Morgan fingerprint density at radius 2 is 1.68 bits per heavy atom. The van der Waals surface area contributed by atoms with Gasteiger partial charge in [-0.15, -0.1) is 0 Å². The standard InChI is InChI=1S/C29H54N3O7P/c1-20(2)32(21(3)4)40(37-17-13-15-30)39-22(5)18-31-28(34)14-11-10-12-16-35-29-25(8)23(6)24(7)27(38-29)19-36-26(9)33/h20-25,27,29H,10-14,16-19H2,1-9H3,(H,31,34)/t22?,23-,24?,25+,27?,29-,40?/m1/s1. The Labute approximate surface area is 243 Å². The third kappa shape index (κ3) is 13.5. The van der Waals surface area contributed by atoms with E-state index < -0.39 is 8.53 Å². The lowest BCUT2D eigenvalue weighted by atomic mass is 9.79. The van der Waals surface area contributed by atoms with Crippen molar-refractivity contribution in [1.29, 1.82) is 5.26 Å². The maximum Gasteiger partial charge on any atom is 0.302 e. The number of ether oxygens (including phenoxy) is 3. The molecule has 232 valence electrons. The molecule has 11 heteroatoms. The molecular weight excluding hydrogens is 533 g/mol. The van der Waals surface area contributed by atoms with Crippen LogP contribution in [0.25, 0.3) is 0 Å². The Hall–Kier alpha value is -1.34. The third-order valence-electron chi connectivity index (χ3n) is 7.28. The summed E-state index contributed by atoms with van der Waals surface area (Å²) in [6, 6.07) is 2.55. The number of unbranched alkanes of at least 4 members (excludes halogenated alkanes) is 2. The van der Waals surface area contributed by atoms with E-state index in [0.29, 0.717) is 38.5 Å². The molecule has 0 radical (unpaired) electrons. The quantitative estimate of drug-likeness (QED) is 0.118. The lowest BCUT2D eigenvalue weighted by Crippen LogP contribution is -2.47. The van der Waals surface area contributed by atoms with E-state index >= 15 is 0 Å². The fourth-order valence-electron chi connectivity index (χ4n) is 4.66. The van der Waals surface area contributed by atoms with E-state index in [0.717, 1.165) is 19.3 Å². The fourth-order valence-corrected chi connectivity index (χ4v) is 6.35. The topological polar surface area (TPSA) is 119 Å². The maximum absolute atomic E-state index is 12.4. The lowest BCUT2D eigenvalue weighted by molar-refractivity contribution is -0.255. The summed E-state index contributed by atoms with van der Waals surface area (Å²) < 4.78 is 31.7. The van der Waals surface area contributed by atoms with Crippen molar-refractivity contribution in [2.24, 2.45) is 17.8 Å². The predicted octanol–water partition coefficient (Wildman–Crippen LogP) is 5.56. The van der Waals surface area contributed by atoms with Gasteiger partial charge in [-0.1, -0.05) is 27.2 Å². The average molecular weight is 588 g/mol. The first-order valence-electron chi connectivity index (χ1n) is 14.8. The van der Waals surface area contributed by atoms with Crippen molar-refractivity contribution in [3.63, 3.8) is 0 Å². The monoisotopic (exact) mass is 587 g/mol. The predicted molar refractivity (Wildman–Crippen MR) is 156 cm³/mol. The number of esters is 1. The summed E-state index contributed by atoms with van der Waals surface area (Å²) >= 11 is 0. The molecule has 1 heterocycles. The van der Waals surface area contributed by atoms with Crippen LogP contribution in [-0.4, -0.2) is 73.5 Å². The molecule has 1 aliphatic rings. The Morgan fingerprint density at radius 3 is 2.27 bits per heavy atom. The summed E-state index contributed by atoms with van der Waals surface area (Å²) in [6.07, 6.45) is 2.51. The van der Waals surface area contributed by atoms with E-state index in [4.69, 9.17) is 28.5 Å². The zero-order chi connectivity index (χ0) is 30.2. The number of hydrogen-bond acceptors (Lipinski definition) is 9. The smallest absolute Gasteiger partial charge is 0.302 e. The van der Waals surface area contributed by atoms with Crippen molar-refractivity contribution in [3.8, 4) is 6.07 Å². The molecule has 1 amide bonds. The first-order chi connectivity index (χ1) is 18.9. The molecule has 0 aromatic rings.